The first-order valence-electron chi connectivity index (χ1n) is 7.53. The highest BCUT2D eigenvalue weighted by Crippen LogP contribution is 2.23. The fourth-order valence-corrected chi connectivity index (χ4v) is 3.06. The molecule has 0 radical (unpaired) electrons. The molecular formula is C17H23BrN2O. The molecule has 1 heterocycles. The van der Waals surface area contributed by atoms with E-state index in [2.05, 4.69) is 45.1 Å². The molecule has 1 N–H and O–H groups in total. The minimum atomic E-state index is 0.309. The molecule has 2 rings (SSSR count). The number of hydrogen-bond donors (Lipinski definition) is 1. The molecule has 1 fully saturated rings. The molecule has 0 atom stereocenters. The summed E-state index contributed by atoms with van der Waals surface area (Å²) in [6.07, 6.45) is 7.69. The van der Waals surface area contributed by atoms with Gasteiger partial charge in [0.15, 0.2) is 0 Å². The Morgan fingerprint density at radius 1 is 1.43 bits per heavy atom. The van der Waals surface area contributed by atoms with E-state index in [0.29, 0.717) is 12.6 Å². The Bertz CT molecular complexity index is 490. The Labute approximate surface area is 136 Å². The van der Waals surface area contributed by atoms with Crippen molar-refractivity contribution in [2.45, 2.75) is 32.4 Å². The first-order valence-corrected chi connectivity index (χ1v) is 8.32. The highest BCUT2D eigenvalue weighted by Gasteiger charge is 2.17. The summed E-state index contributed by atoms with van der Waals surface area (Å²) in [7, 11) is 0. The fourth-order valence-electron chi connectivity index (χ4n) is 2.65. The Hall–Kier alpha value is -1.02. The number of nitrogens with one attached hydrogen (secondary N) is 1. The van der Waals surface area contributed by atoms with Crippen LogP contribution in [0.5, 0.6) is 5.75 Å². The second-order valence-electron chi connectivity index (χ2n) is 5.33. The lowest BCUT2D eigenvalue weighted by Crippen LogP contribution is -2.42. The number of piperidine rings is 1. The van der Waals surface area contributed by atoms with Gasteiger partial charge in [0.25, 0.3) is 0 Å². The predicted molar refractivity (Wildman–Crippen MR) is 90.4 cm³/mol. The molecule has 114 valence electrons. The number of nitrogens with zero attached hydrogens (tertiary/aromatic N) is 1. The largest absolute Gasteiger partial charge is 0.481 e. The third-order valence-corrected chi connectivity index (χ3v) is 4.44. The summed E-state index contributed by atoms with van der Waals surface area (Å²) in [5, 5.41) is 3.65. The van der Waals surface area contributed by atoms with E-state index in [4.69, 9.17) is 11.2 Å². The van der Waals surface area contributed by atoms with Gasteiger partial charge in [0.2, 0.25) is 0 Å². The highest BCUT2D eigenvalue weighted by molar-refractivity contribution is 9.10. The van der Waals surface area contributed by atoms with Crippen LogP contribution in [0, 0.1) is 12.3 Å². The molecule has 0 saturated carbocycles. The standard InChI is InChI=1S/C17H23BrN2O/c1-3-11-21-17-6-5-15(18)12-14(17)13-19-16-7-9-20(4-2)10-8-16/h1,5-6,12,16,19H,4,7-11,13H2,2H3. The fraction of sp³-hybridized carbons (Fsp3) is 0.529. The molecule has 0 bridgehead atoms. The van der Waals surface area contributed by atoms with Crippen molar-refractivity contribution in [3.8, 4) is 18.1 Å². The Morgan fingerprint density at radius 2 is 2.19 bits per heavy atom. The molecule has 1 aliphatic heterocycles. The molecule has 0 amide bonds. The van der Waals surface area contributed by atoms with E-state index >= 15 is 0 Å². The van der Waals surface area contributed by atoms with Gasteiger partial charge in [-0.25, -0.2) is 0 Å². The van der Waals surface area contributed by atoms with Gasteiger partial charge in [-0.1, -0.05) is 28.8 Å². The molecule has 0 spiro atoms. The van der Waals surface area contributed by atoms with Crippen LogP contribution in [0.2, 0.25) is 0 Å². The maximum atomic E-state index is 5.61. The quantitative estimate of drug-likeness (QED) is 0.798. The topological polar surface area (TPSA) is 24.5 Å². The van der Waals surface area contributed by atoms with Crippen molar-refractivity contribution in [3.63, 3.8) is 0 Å². The van der Waals surface area contributed by atoms with Crippen molar-refractivity contribution in [1.82, 2.24) is 10.2 Å². The third-order valence-electron chi connectivity index (χ3n) is 3.95. The summed E-state index contributed by atoms with van der Waals surface area (Å²) in [5.74, 6) is 3.38. The second-order valence-corrected chi connectivity index (χ2v) is 6.25. The Morgan fingerprint density at radius 3 is 2.86 bits per heavy atom. The van der Waals surface area contributed by atoms with Crippen LogP contribution >= 0.6 is 15.9 Å². The van der Waals surface area contributed by atoms with Crippen LogP contribution in [0.1, 0.15) is 25.3 Å². The Kier molecular flexibility index (Phi) is 6.56. The van der Waals surface area contributed by atoms with Crippen LogP contribution in [0.25, 0.3) is 0 Å². The van der Waals surface area contributed by atoms with Gasteiger partial charge >= 0.3 is 0 Å². The molecule has 1 saturated heterocycles. The minimum absolute atomic E-state index is 0.309. The molecule has 1 aromatic rings. The van der Waals surface area contributed by atoms with Gasteiger partial charge in [-0.3, -0.25) is 0 Å². The second kappa shape index (κ2) is 8.43. The minimum Gasteiger partial charge on any atom is -0.481 e. The first kappa shape index (κ1) is 16.4. The molecular weight excluding hydrogens is 328 g/mol. The van der Waals surface area contributed by atoms with Gasteiger partial charge < -0.3 is 15.0 Å². The average molecular weight is 351 g/mol. The number of benzene rings is 1. The van der Waals surface area contributed by atoms with Crippen LogP contribution in [0.15, 0.2) is 22.7 Å². The van der Waals surface area contributed by atoms with Gasteiger partial charge in [0.05, 0.1) is 0 Å². The van der Waals surface area contributed by atoms with E-state index in [0.717, 1.165) is 28.9 Å². The van der Waals surface area contributed by atoms with Gasteiger partial charge in [0, 0.05) is 22.6 Å². The Balaban J connectivity index is 1.90. The van der Waals surface area contributed by atoms with E-state index in [-0.39, 0.29) is 0 Å². The highest BCUT2D eigenvalue weighted by atomic mass is 79.9. The molecule has 21 heavy (non-hydrogen) atoms. The zero-order valence-electron chi connectivity index (χ0n) is 12.6. The number of hydrogen-bond acceptors (Lipinski definition) is 3. The van der Waals surface area contributed by atoms with Crippen LogP contribution in [-0.2, 0) is 6.54 Å². The smallest absolute Gasteiger partial charge is 0.148 e. The molecule has 1 aliphatic rings. The average Bonchev–Trinajstić information content (AvgIpc) is 2.52. The van der Waals surface area contributed by atoms with Crippen molar-refractivity contribution in [2.24, 2.45) is 0 Å². The molecule has 0 aliphatic carbocycles. The van der Waals surface area contributed by atoms with Gasteiger partial charge in [0.1, 0.15) is 12.4 Å². The van der Waals surface area contributed by atoms with E-state index in [1.165, 1.54) is 25.9 Å². The number of halogens is 1. The molecule has 4 heteroatoms. The SMILES string of the molecule is C#CCOc1ccc(Br)cc1CNC1CCN(CC)CC1. The number of likely N-dealkylation sites (tertiary alicyclic amines) is 1. The third kappa shape index (κ3) is 5.03. The summed E-state index contributed by atoms with van der Waals surface area (Å²) < 4.78 is 6.67. The van der Waals surface area contributed by atoms with Gasteiger partial charge in [-0.05, 0) is 50.7 Å². The van der Waals surface area contributed by atoms with Crippen LogP contribution in [0.4, 0.5) is 0 Å². The zero-order valence-corrected chi connectivity index (χ0v) is 14.2. The monoisotopic (exact) mass is 350 g/mol. The van der Waals surface area contributed by atoms with Crippen LogP contribution in [-0.4, -0.2) is 37.2 Å². The molecule has 3 nitrogen and oxygen atoms in total. The van der Waals surface area contributed by atoms with Crippen LogP contribution < -0.4 is 10.1 Å². The summed E-state index contributed by atoms with van der Waals surface area (Å²) in [6.45, 7) is 6.88. The maximum absolute atomic E-state index is 5.61. The van der Waals surface area contributed by atoms with Crippen molar-refractivity contribution in [2.75, 3.05) is 26.2 Å². The van der Waals surface area contributed by atoms with Gasteiger partial charge in [-0.2, -0.15) is 0 Å². The first-order chi connectivity index (χ1) is 10.2. The van der Waals surface area contributed by atoms with Crippen molar-refractivity contribution in [1.29, 1.82) is 0 Å². The van der Waals surface area contributed by atoms with E-state index < -0.39 is 0 Å². The van der Waals surface area contributed by atoms with Crippen molar-refractivity contribution in [3.05, 3.63) is 28.2 Å². The van der Waals surface area contributed by atoms with E-state index in [9.17, 15) is 0 Å². The molecule has 1 aromatic carbocycles. The number of rotatable bonds is 6. The molecule has 0 aromatic heterocycles. The number of ether oxygens (including phenoxy) is 1. The van der Waals surface area contributed by atoms with Crippen molar-refractivity contribution >= 4 is 15.9 Å². The normalized spacial score (nSPS) is 16.6. The number of terminal acetylenes is 1. The van der Waals surface area contributed by atoms with E-state index in [1.54, 1.807) is 0 Å². The van der Waals surface area contributed by atoms with E-state index in [1.807, 2.05) is 12.1 Å². The lowest BCUT2D eigenvalue weighted by molar-refractivity contribution is 0.205. The summed E-state index contributed by atoms with van der Waals surface area (Å²) in [6, 6.07) is 6.64. The van der Waals surface area contributed by atoms with Gasteiger partial charge in [-0.15, -0.1) is 6.42 Å². The lowest BCUT2D eigenvalue weighted by Gasteiger charge is -2.31. The maximum Gasteiger partial charge on any atom is 0.148 e. The van der Waals surface area contributed by atoms with Crippen molar-refractivity contribution < 1.29 is 4.74 Å². The lowest BCUT2D eigenvalue weighted by atomic mass is 10.0. The van der Waals surface area contributed by atoms with Crippen LogP contribution in [0.3, 0.4) is 0 Å². The summed E-state index contributed by atoms with van der Waals surface area (Å²) in [5.41, 5.74) is 1.15. The molecule has 0 unspecified atom stereocenters. The zero-order chi connectivity index (χ0) is 15.1. The predicted octanol–water partition coefficient (Wildman–Crippen LogP) is 3.04. The summed E-state index contributed by atoms with van der Waals surface area (Å²) >= 11 is 3.52. The summed E-state index contributed by atoms with van der Waals surface area (Å²) in [4.78, 5) is 2.50.